The predicted molar refractivity (Wildman–Crippen MR) is 146 cm³/mol. The van der Waals surface area contributed by atoms with E-state index >= 15 is 0 Å². The lowest BCUT2D eigenvalue weighted by atomic mass is 10.1. The highest BCUT2D eigenvalue weighted by Crippen LogP contribution is 2.27. The molecule has 0 bridgehead atoms. The number of nitrogens with zero attached hydrogens (tertiary/aromatic N) is 3. The smallest absolute Gasteiger partial charge is 0.229 e. The van der Waals surface area contributed by atoms with Crippen LogP contribution in [0, 0.1) is 0 Å². The monoisotopic (exact) mass is 493 g/mol. The molecule has 186 valence electrons. The molecule has 0 spiro atoms. The molecule has 1 aliphatic rings. The number of nitrogens with one attached hydrogen (secondary N) is 3. The van der Waals surface area contributed by atoms with E-state index in [0.29, 0.717) is 24.1 Å². The highest BCUT2D eigenvalue weighted by Gasteiger charge is 2.12. The van der Waals surface area contributed by atoms with Crippen LogP contribution in [0.1, 0.15) is 33.6 Å². The molecule has 8 nitrogen and oxygen atoms in total. The molecule has 2 aromatic carbocycles. The second-order valence-corrected chi connectivity index (χ2v) is 10.5. The lowest BCUT2D eigenvalue weighted by Gasteiger charge is -2.19. The molecule has 1 aliphatic heterocycles. The fourth-order valence-electron chi connectivity index (χ4n) is 3.60. The van der Waals surface area contributed by atoms with Crippen LogP contribution in [0.3, 0.4) is 0 Å². The van der Waals surface area contributed by atoms with Crippen LogP contribution in [-0.4, -0.2) is 46.6 Å². The Morgan fingerprint density at radius 1 is 1.03 bits per heavy atom. The highest BCUT2D eigenvalue weighted by molar-refractivity contribution is 7.97. The lowest BCUT2D eigenvalue weighted by Crippen LogP contribution is -2.29. The molecule has 0 unspecified atom stereocenters. The highest BCUT2D eigenvalue weighted by atomic mass is 32.2. The van der Waals surface area contributed by atoms with E-state index in [4.69, 9.17) is 10.5 Å². The quantitative estimate of drug-likeness (QED) is 0.276. The molecular weight excluding hydrogens is 458 g/mol. The molecule has 0 amide bonds. The summed E-state index contributed by atoms with van der Waals surface area (Å²) in [5.41, 5.74) is 8.41. The molecule has 4 rings (SSSR count). The fourth-order valence-corrected chi connectivity index (χ4v) is 4.36. The summed E-state index contributed by atoms with van der Waals surface area (Å²) in [6, 6.07) is 15.9. The second kappa shape index (κ2) is 11.6. The number of aromatic nitrogens is 2. The van der Waals surface area contributed by atoms with Gasteiger partial charge in [0.25, 0.3) is 0 Å². The summed E-state index contributed by atoms with van der Waals surface area (Å²) >= 11 is 1.59. The van der Waals surface area contributed by atoms with Gasteiger partial charge < -0.3 is 21.1 Å². The summed E-state index contributed by atoms with van der Waals surface area (Å²) in [5.74, 6) is 1.87. The van der Waals surface area contributed by atoms with Crippen molar-refractivity contribution < 1.29 is 4.74 Å². The molecule has 5 N–H and O–H groups in total. The third-order valence-electron chi connectivity index (χ3n) is 5.37. The zero-order valence-corrected chi connectivity index (χ0v) is 21.5. The maximum Gasteiger partial charge on any atom is 0.229 e. The van der Waals surface area contributed by atoms with E-state index in [2.05, 4.69) is 63.1 Å². The van der Waals surface area contributed by atoms with Crippen LogP contribution in [0.2, 0.25) is 0 Å². The van der Waals surface area contributed by atoms with Crippen LogP contribution in [0.5, 0.6) is 5.75 Å². The molecule has 0 aliphatic carbocycles. The number of benzene rings is 2. The topological polar surface area (TPSA) is 100 Å². The van der Waals surface area contributed by atoms with Gasteiger partial charge in [0, 0.05) is 28.4 Å². The summed E-state index contributed by atoms with van der Waals surface area (Å²) in [7, 11) is 0. The number of hydrogen-bond acceptors (Lipinski definition) is 9. The summed E-state index contributed by atoms with van der Waals surface area (Å²) in [6.45, 7) is 10.4. The van der Waals surface area contributed by atoms with E-state index in [1.807, 2.05) is 36.4 Å². The molecule has 0 radical (unpaired) electrons. The normalized spacial score (nSPS) is 14.1. The predicted octanol–water partition coefficient (Wildman–Crippen LogP) is 5.42. The minimum atomic E-state index is 0.0175. The molecular formula is C26H35N7OS. The van der Waals surface area contributed by atoms with Crippen molar-refractivity contribution in [1.29, 1.82) is 0 Å². The maximum atomic E-state index is 6.14. The zero-order chi connectivity index (χ0) is 24.7. The Balaban J connectivity index is 1.34. The van der Waals surface area contributed by atoms with E-state index in [1.165, 1.54) is 25.9 Å². The fraction of sp³-hybridized carbons (Fsp3) is 0.385. The Hall–Kier alpha value is -3.01. The third kappa shape index (κ3) is 8.02. The van der Waals surface area contributed by atoms with Crippen LogP contribution in [0.15, 0.2) is 59.6 Å². The van der Waals surface area contributed by atoms with Gasteiger partial charge in [-0.15, -0.1) is 0 Å². The van der Waals surface area contributed by atoms with Crippen molar-refractivity contribution in [2.75, 3.05) is 42.6 Å². The van der Waals surface area contributed by atoms with Crippen LogP contribution in [0.25, 0.3) is 0 Å². The average molecular weight is 494 g/mol. The number of rotatable bonds is 10. The molecule has 3 aromatic rings. The van der Waals surface area contributed by atoms with Gasteiger partial charge in [0.15, 0.2) is 5.82 Å². The Kier molecular flexibility index (Phi) is 8.33. The summed E-state index contributed by atoms with van der Waals surface area (Å²) in [5, 5.41) is 6.55. The third-order valence-corrected chi connectivity index (χ3v) is 6.58. The standard InChI is InChI=1S/C26H35N7OS/c1-26(2,3)32-35-22-8-6-7-20(17-22)29-24-23(27)18-28-25(31-24)30-19-9-11-21(12-10-19)34-16-15-33-13-4-5-14-33/h6-12,17-18,32H,4-5,13-16,27H2,1-3H3,(H2,28,29,30,31). The minimum absolute atomic E-state index is 0.0175. The molecule has 35 heavy (non-hydrogen) atoms. The number of anilines is 5. The van der Waals surface area contributed by atoms with Crippen molar-refractivity contribution in [3.63, 3.8) is 0 Å². The van der Waals surface area contributed by atoms with Crippen LogP contribution < -0.4 is 25.8 Å². The maximum absolute atomic E-state index is 6.14. The van der Waals surface area contributed by atoms with Crippen molar-refractivity contribution >= 4 is 40.8 Å². The van der Waals surface area contributed by atoms with Crippen molar-refractivity contribution in [1.82, 2.24) is 19.6 Å². The van der Waals surface area contributed by atoms with Gasteiger partial charge in [-0.05, 0) is 101 Å². The van der Waals surface area contributed by atoms with Gasteiger partial charge in [0.1, 0.15) is 12.4 Å². The van der Waals surface area contributed by atoms with E-state index < -0.39 is 0 Å². The molecule has 1 saturated heterocycles. The first-order chi connectivity index (χ1) is 16.8. The summed E-state index contributed by atoms with van der Waals surface area (Å²) in [6.07, 6.45) is 4.20. The van der Waals surface area contributed by atoms with E-state index in [1.54, 1.807) is 18.1 Å². The SMILES string of the molecule is CC(C)(C)NSc1cccc(Nc2nc(Nc3ccc(OCCN4CCCC4)cc3)ncc2N)c1. The first kappa shape index (κ1) is 25.1. The number of nitrogens with two attached hydrogens (primary N) is 1. The zero-order valence-electron chi connectivity index (χ0n) is 20.7. The summed E-state index contributed by atoms with van der Waals surface area (Å²) < 4.78 is 9.31. The Bertz CT molecular complexity index is 1100. The number of likely N-dealkylation sites (tertiary alicyclic amines) is 1. The van der Waals surface area contributed by atoms with Gasteiger partial charge in [-0.2, -0.15) is 4.98 Å². The number of ether oxygens (including phenoxy) is 1. The van der Waals surface area contributed by atoms with Gasteiger partial charge in [0.2, 0.25) is 5.95 Å². The largest absolute Gasteiger partial charge is 0.492 e. The minimum Gasteiger partial charge on any atom is -0.492 e. The van der Waals surface area contributed by atoms with Crippen molar-refractivity contribution in [2.45, 2.75) is 44.0 Å². The molecule has 0 atom stereocenters. The van der Waals surface area contributed by atoms with Crippen molar-refractivity contribution in [3.8, 4) is 5.75 Å². The molecule has 0 saturated carbocycles. The molecule has 9 heteroatoms. The van der Waals surface area contributed by atoms with Crippen molar-refractivity contribution in [3.05, 3.63) is 54.7 Å². The van der Waals surface area contributed by atoms with Crippen molar-refractivity contribution in [2.24, 2.45) is 0 Å². The number of nitrogen functional groups attached to an aromatic ring is 1. The molecule has 1 fully saturated rings. The summed E-state index contributed by atoms with van der Waals surface area (Å²) in [4.78, 5) is 12.4. The first-order valence-electron chi connectivity index (χ1n) is 12.0. The Labute approximate surface area is 212 Å². The second-order valence-electron chi connectivity index (χ2n) is 9.65. The lowest BCUT2D eigenvalue weighted by molar-refractivity contribution is 0.238. The van der Waals surface area contributed by atoms with Gasteiger partial charge in [-0.3, -0.25) is 9.62 Å². The molecule has 1 aromatic heterocycles. The van der Waals surface area contributed by atoms with Gasteiger partial charge in [-0.25, -0.2) is 4.98 Å². The van der Waals surface area contributed by atoms with Gasteiger partial charge in [0.05, 0.1) is 11.9 Å². The van der Waals surface area contributed by atoms with Crippen LogP contribution in [0.4, 0.5) is 28.8 Å². The van der Waals surface area contributed by atoms with Crippen LogP contribution >= 0.6 is 11.9 Å². The van der Waals surface area contributed by atoms with E-state index in [0.717, 1.165) is 28.6 Å². The Morgan fingerprint density at radius 2 is 1.80 bits per heavy atom. The Morgan fingerprint density at radius 3 is 2.54 bits per heavy atom. The van der Waals surface area contributed by atoms with E-state index in [9.17, 15) is 0 Å². The molecule has 2 heterocycles. The van der Waals surface area contributed by atoms with Gasteiger partial charge >= 0.3 is 0 Å². The van der Waals surface area contributed by atoms with E-state index in [-0.39, 0.29) is 5.54 Å². The number of hydrogen-bond donors (Lipinski definition) is 4. The van der Waals surface area contributed by atoms with Crippen LogP contribution in [-0.2, 0) is 0 Å². The first-order valence-corrected chi connectivity index (χ1v) is 12.8. The van der Waals surface area contributed by atoms with Gasteiger partial charge in [-0.1, -0.05) is 6.07 Å². The average Bonchev–Trinajstić information content (AvgIpc) is 3.35.